The quantitative estimate of drug-likeness (QED) is 0.552. The van der Waals surface area contributed by atoms with Crippen LogP contribution < -0.4 is 0 Å². The van der Waals surface area contributed by atoms with Gasteiger partial charge in [0.25, 0.3) is 0 Å². The monoisotopic (exact) mass is 240 g/mol. The topological polar surface area (TPSA) is 86.2 Å². The number of allylic oxidation sites excluding steroid dienone is 1. The fourth-order valence-corrected chi connectivity index (χ4v) is 1.38. The molecule has 0 atom stereocenters. The van der Waals surface area contributed by atoms with Gasteiger partial charge in [0.15, 0.2) is 0 Å². The second-order valence-corrected chi connectivity index (χ2v) is 4.75. The van der Waals surface area contributed by atoms with Crippen molar-refractivity contribution in [1.29, 1.82) is 0 Å². The molecule has 3 N–H and O–H groups in total. The van der Waals surface area contributed by atoms with E-state index in [0.717, 1.165) is 11.0 Å². The lowest BCUT2D eigenvalue weighted by atomic mass is 10.3. The Kier molecular flexibility index (Phi) is 4.43. The summed E-state index contributed by atoms with van der Waals surface area (Å²) in [5.74, 6) is 0. The van der Waals surface area contributed by atoms with Crippen LogP contribution in [0.25, 0.3) is 11.0 Å². The van der Waals surface area contributed by atoms with Gasteiger partial charge < -0.3 is 14.8 Å². The number of H-pyrrole nitrogens is 1. The van der Waals surface area contributed by atoms with Crippen molar-refractivity contribution in [3.05, 3.63) is 43.2 Å². The minimum absolute atomic E-state index is 0.229. The second kappa shape index (κ2) is 5.61. The van der Waals surface area contributed by atoms with Crippen LogP contribution in [0.1, 0.15) is 0 Å². The van der Waals surface area contributed by atoms with Gasteiger partial charge in [0.2, 0.25) is 0 Å². The second-order valence-electron chi connectivity index (χ2n) is 3.06. The van der Waals surface area contributed by atoms with Crippen molar-refractivity contribution >= 4 is 18.6 Å². The highest BCUT2D eigenvalue weighted by molar-refractivity contribution is 7.51. The Morgan fingerprint density at radius 3 is 2.62 bits per heavy atom. The Labute approximate surface area is 93.0 Å². The number of nitrogens with one attached hydrogen (secondary N) is 1. The van der Waals surface area contributed by atoms with Crippen molar-refractivity contribution in [2.45, 2.75) is 0 Å². The SMILES string of the molecule is C=CCP(=O)(O)O.c1ccc2[nH]cnc2c1. The number of aromatic amines is 1. The highest BCUT2D eigenvalue weighted by Gasteiger charge is 2.06. The molecule has 1 aromatic carbocycles. The summed E-state index contributed by atoms with van der Waals surface area (Å²) in [7, 11) is -3.78. The first-order valence-corrected chi connectivity index (χ1v) is 6.36. The summed E-state index contributed by atoms with van der Waals surface area (Å²) in [6, 6.07) is 7.94. The standard InChI is InChI=1S/C7H6N2.C3H7O3P/c1-2-4-7-6(3-1)8-5-9-7;1-2-3-7(4,5)6/h1-5H,(H,8,9);2H,1,3H2,(H2,4,5,6). The molecule has 6 heteroatoms. The van der Waals surface area contributed by atoms with Gasteiger partial charge in [-0.3, -0.25) is 4.57 Å². The Morgan fingerprint density at radius 2 is 2.12 bits per heavy atom. The van der Waals surface area contributed by atoms with E-state index in [1.54, 1.807) is 6.33 Å². The Balaban J connectivity index is 0.000000168. The van der Waals surface area contributed by atoms with Crippen LogP contribution in [-0.4, -0.2) is 25.9 Å². The third-order valence-corrected chi connectivity index (χ3v) is 2.43. The van der Waals surface area contributed by atoms with Gasteiger partial charge >= 0.3 is 7.60 Å². The highest BCUT2D eigenvalue weighted by atomic mass is 31.2. The zero-order valence-electron chi connectivity index (χ0n) is 8.58. The molecule has 1 heterocycles. The molecule has 0 saturated carbocycles. The molecule has 86 valence electrons. The fraction of sp³-hybridized carbons (Fsp3) is 0.100. The number of hydrogen-bond acceptors (Lipinski definition) is 2. The molecule has 0 saturated heterocycles. The van der Waals surface area contributed by atoms with Crippen LogP contribution in [0.5, 0.6) is 0 Å². The van der Waals surface area contributed by atoms with Crippen molar-refractivity contribution in [2.24, 2.45) is 0 Å². The van der Waals surface area contributed by atoms with Crippen LogP contribution in [-0.2, 0) is 4.57 Å². The molecule has 0 aliphatic heterocycles. The van der Waals surface area contributed by atoms with E-state index in [2.05, 4.69) is 16.5 Å². The lowest BCUT2D eigenvalue weighted by Gasteiger charge is -1.94. The number of fused-ring (bicyclic) bond motifs is 1. The van der Waals surface area contributed by atoms with Gasteiger partial charge in [-0.1, -0.05) is 18.2 Å². The molecule has 0 amide bonds. The maximum absolute atomic E-state index is 9.85. The predicted molar refractivity (Wildman–Crippen MR) is 63.2 cm³/mol. The van der Waals surface area contributed by atoms with Crippen molar-refractivity contribution in [3.63, 3.8) is 0 Å². The molecular formula is C10H13N2O3P. The number of para-hydroxylation sites is 2. The molecule has 0 fully saturated rings. The molecule has 2 aromatic rings. The molecule has 0 aliphatic carbocycles. The average molecular weight is 240 g/mol. The van der Waals surface area contributed by atoms with Crippen molar-refractivity contribution in [3.8, 4) is 0 Å². The lowest BCUT2D eigenvalue weighted by Crippen LogP contribution is -1.78. The van der Waals surface area contributed by atoms with Gasteiger partial charge in [-0.15, -0.1) is 6.58 Å². The van der Waals surface area contributed by atoms with Gasteiger partial charge in [0.1, 0.15) is 0 Å². The van der Waals surface area contributed by atoms with Gasteiger partial charge in [-0.2, -0.15) is 0 Å². The van der Waals surface area contributed by atoms with Crippen molar-refractivity contribution in [1.82, 2.24) is 9.97 Å². The first-order valence-electron chi connectivity index (χ1n) is 4.56. The molecule has 0 radical (unpaired) electrons. The number of benzene rings is 1. The summed E-state index contributed by atoms with van der Waals surface area (Å²) in [6.07, 6.45) is 2.67. The third-order valence-electron chi connectivity index (χ3n) is 1.69. The van der Waals surface area contributed by atoms with Gasteiger partial charge in [-0.25, -0.2) is 4.98 Å². The van der Waals surface area contributed by atoms with Crippen molar-refractivity contribution < 1.29 is 14.4 Å². The molecule has 16 heavy (non-hydrogen) atoms. The summed E-state index contributed by atoms with van der Waals surface area (Å²) in [5.41, 5.74) is 2.12. The minimum atomic E-state index is -3.78. The largest absolute Gasteiger partial charge is 0.345 e. The molecule has 0 spiro atoms. The summed E-state index contributed by atoms with van der Waals surface area (Å²) in [6.45, 7) is 3.15. The Hall–Kier alpha value is -1.42. The first kappa shape index (κ1) is 12.6. The maximum Gasteiger partial charge on any atom is 0.329 e. The average Bonchev–Trinajstić information content (AvgIpc) is 2.64. The van der Waals surface area contributed by atoms with E-state index < -0.39 is 7.60 Å². The van der Waals surface area contributed by atoms with Crippen LogP contribution in [0.2, 0.25) is 0 Å². The number of rotatable bonds is 2. The van der Waals surface area contributed by atoms with Crippen molar-refractivity contribution in [2.75, 3.05) is 6.16 Å². The van der Waals surface area contributed by atoms with Crippen LogP contribution in [0, 0.1) is 0 Å². The fourth-order valence-electron chi connectivity index (χ4n) is 1.05. The summed E-state index contributed by atoms with van der Waals surface area (Å²) in [5, 5.41) is 0. The normalized spacial score (nSPS) is 10.6. The molecule has 5 nitrogen and oxygen atoms in total. The molecule has 0 bridgehead atoms. The zero-order valence-corrected chi connectivity index (χ0v) is 9.47. The maximum atomic E-state index is 9.85. The number of hydrogen-bond donors (Lipinski definition) is 3. The highest BCUT2D eigenvalue weighted by Crippen LogP contribution is 2.33. The first-order chi connectivity index (χ1) is 7.53. The molecule has 0 aliphatic rings. The van der Waals surface area contributed by atoms with Crippen LogP contribution in [0.4, 0.5) is 0 Å². The smallest absolute Gasteiger partial charge is 0.329 e. The number of nitrogens with zero attached hydrogens (tertiary/aromatic N) is 1. The molecule has 0 unspecified atom stereocenters. The predicted octanol–water partition coefficient (Wildman–Crippen LogP) is 1.91. The van der Waals surface area contributed by atoms with E-state index in [-0.39, 0.29) is 6.16 Å². The van der Waals surface area contributed by atoms with E-state index in [1.165, 1.54) is 6.08 Å². The molecular weight excluding hydrogens is 227 g/mol. The van der Waals surface area contributed by atoms with Crippen LogP contribution >= 0.6 is 7.60 Å². The van der Waals surface area contributed by atoms with E-state index in [0.29, 0.717) is 0 Å². The summed E-state index contributed by atoms with van der Waals surface area (Å²) >= 11 is 0. The summed E-state index contributed by atoms with van der Waals surface area (Å²) < 4.78 is 9.85. The van der Waals surface area contributed by atoms with E-state index in [9.17, 15) is 4.57 Å². The number of aromatic nitrogens is 2. The van der Waals surface area contributed by atoms with Crippen LogP contribution in [0.15, 0.2) is 43.2 Å². The Morgan fingerprint density at radius 1 is 1.44 bits per heavy atom. The van der Waals surface area contributed by atoms with E-state index in [1.807, 2.05) is 24.3 Å². The summed E-state index contributed by atoms with van der Waals surface area (Å²) in [4.78, 5) is 23.2. The molecule has 1 aromatic heterocycles. The number of imidazole rings is 1. The van der Waals surface area contributed by atoms with E-state index >= 15 is 0 Å². The lowest BCUT2D eigenvalue weighted by molar-refractivity contribution is 0.377. The van der Waals surface area contributed by atoms with Gasteiger partial charge in [0, 0.05) is 0 Å². The van der Waals surface area contributed by atoms with Gasteiger partial charge in [-0.05, 0) is 12.1 Å². The zero-order chi connectivity index (χ0) is 12.0. The third kappa shape index (κ3) is 4.40. The van der Waals surface area contributed by atoms with Gasteiger partial charge in [0.05, 0.1) is 23.5 Å². The minimum Gasteiger partial charge on any atom is -0.345 e. The molecule has 2 rings (SSSR count). The van der Waals surface area contributed by atoms with E-state index in [4.69, 9.17) is 9.79 Å². The van der Waals surface area contributed by atoms with Crippen LogP contribution in [0.3, 0.4) is 0 Å². The Bertz CT molecular complexity index is 473.